The maximum Gasteiger partial charge on any atom is 0.295 e. The molecule has 4 rings (SSSR count). The highest BCUT2D eigenvalue weighted by molar-refractivity contribution is 6.46. The Hall–Kier alpha value is -4.06. The zero-order valence-corrected chi connectivity index (χ0v) is 19.2. The van der Waals surface area contributed by atoms with Crippen molar-refractivity contribution in [3.05, 3.63) is 101 Å². The van der Waals surface area contributed by atoms with E-state index in [4.69, 9.17) is 9.47 Å². The molecule has 34 heavy (non-hydrogen) atoms. The molecule has 0 aliphatic carbocycles. The lowest BCUT2D eigenvalue weighted by Crippen LogP contribution is -2.29. The Bertz CT molecular complexity index is 1200. The number of ketones is 1. The van der Waals surface area contributed by atoms with Gasteiger partial charge < -0.3 is 19.5 Å². The minimum absolute atomic E-state index is 0.0544. The summed E-state index contributed by atoms with van der Waals surface area (Å²) in [4.78, 5) is 27.9. The van der Waals surface area contributed by atoms with Crippen molar-refractivity contribution in [2.24, 2.45) is 0 Å². The summed E-state index contributed by atoms with van der Waals surface area (Å²) in [5.41, 5.74) is 2.07. The average Bonchev–Trinajstić information content (AvgIpc) is 3.13. The Kier molecular flexibility index (Phi) is 6.97. The number of rotatable bonds is 8. The zero-order valence-electron chi connectivity index (χ0n) is 19.2. The summed E-state index contributed by atoms with van der Waals surface area (Å²) in [6.45, 7) is 2.81. The summed E-state index contributed by atoms with van der Waals surface area (Å²) in [6, 6.07) is 22.8. The van der Waals surface area contributed by atoms with Gasteiger partial charge >= 0.3 is 0 Å². The second-order valence-corrected chi connectivity index (χ2v) is 8.06. The van der Waals surface area contributed by atoms with Gasteiger partial charge in [0.15, 0.2) is 0 Å². The topological polar surface area (TPSA) is 76.1 Å². The molecule has 1 aliphatic rings. The van der Waals surface area contributed by atoms with Crippen molar-refractivity contribution in [1.29, 1.82) is 0 Å². The standard InChI is InChI=1S/C28H27NO5/c1-3-16-34-23-11-7-10-21(17-23)25-24(26(30)20-12-14-22(33-2)15-13-20)27(31)28(32)29(25)18-19-8-5-4-6-9-19/h4-15,17,25,30H,3,16,18H2,1-2H3/b26-24+. The largest absolute Gasteiger partial charge is 0.507 e. The number of nitrogens with zero attached hydrogens (tertiary/aromatic N) is 1. The van der Waals surface area contributed by atoms with E-state index in [2.05, 4.69) is 0 Å². The minimum Gasteiger partial charge on any atom is -0.507 e. The van der Waals surface area contributed by atoms with Crippen molar-refractivity contribution in [3.8, 4) is 11.5 Å². The van der Waals surface area contributed by atoms with E-state index in [9.17, 15) is 14.7 Å². The van der Waals surface area contributed by atoms with E-state index in [0.717, 1.165) is 12.0 Å². The molecule has 1 fully saturated rings. The van der Waals surface area contributed by atoms with Gasteiger partial charge in [-0.05, 0) is 53.9 Å². The fraction of sp³-hybridized carbons (Fsp3) is 0.214. The fourth-order valence-electron chi connectivity index (χ4n) is 4.07. The van der Waals surface area contributed by atoms with Crippen LogP contribution >= 0.6 is 0 Å². The van der Waals surface area contributed by atoms with Crippen molar-refractivity contribution in [2.75, 3.05) is 13.7 Å². The first-order valence-electron chi connectivity index (χ1n) is 11.2. The lowest BCUT2D eigenvalue weighted by molar-refractivity contribution is -0.140. The molecule has 1 amide bonds. The molecule has 1 aliphatic heterocycles. The molecule has 1 unspecified atom stereocenters. The van der Waals surface area contributed by atoms with E-state index in [1.54, 1.807) is 31.4 Å². The van der Waals surface area contributed by atoms with Crippen LogP contribution in [-0.2, 0) is 16.1 Å². The van der Waals surface area contributed by atoms with Crippen LogP contribution in [0.15, 0.2) is 84.4 Å². The number of carbonyl (C=O) groups is 2. The van der Waals surface area contributed by atoms with E-state index in [1.807, 2.05) is 61.5 Å². The van der Waals surface area contributed by atoms with E-state index >= 15 is 0 Å². The molecule has 0 spiro atoms. The predicted molar refractivity (Wildman–Crippen MR) is 130 cm³/mol. The van der Waals surface area contributed by atoms with Crippen LogP contribution in [0.5, 0.6) is 11.5 Å². The molecule has 3 aromatic rings. The Morgan fingerprint density at radius 2 is 1.68 bits per heavy atom. The van der Waals surface area contributed by atoms with Crippen LogP contribution in [0.1, 0.15) is 36.1 Å². The number of likely N-dealkylation sites (tertiary alicyclic amines) is 1. The Labute approximate surface area is 199 Å². The lowest BCUT2D eigenvalue weighted by Gasteiger charge is -2.26. The van der Waals surface area contributed by atoms with E-state index in [0.29, 0.717) is 29.2 Å². The molecule has 0 aromatic heterocycles. The number of amides is 1. The number of hydrogen-bond acceptors (Lipinski definition) is 5. The summed E-state index contributed by atoms with van der Waals surface area (Å²) in [5, 5.41) is 11.2. The molecule has 3 aromatic carbocycles. The van der Waals surface area contributed by atoms with Gasteiger partial charge in [-0.25, -0.2) is 0 Å². The lowest BCUT2D eigenvalue weighted by atomic mass is 9.95. The van der Waals surface area contributed by atoms with Gasteiger partial charge in [0, 0.05) is 12.1 Å². The summed E-state index contributed by atoms with van der Waals surface area (Å²) in [6.07, 6.45) is 0.855. The van der Waals surface area contributed by atoms with Crippen LogP contribution in [0.4, 0.5) is 0 Å². The number of carbonyl (C=O) groups excluding carboxylic acids is 2. The molecule has 0 bridgehead atoms. The van der Waals surface area contributed by atoms with Crippen molar-refractivity contribution >= 4 is 17.4 Å². The normalized spacial score (nSPS) is 17.1. The quantitative estimate of drug-likeness (QED) is 0.289. The second kappa shape index (κ2) is 10.3. The van der Waals surface area contributed by atoms with Crippen LogP contribution in [0, 0.1) is 0 Å². The molecule has 1 N–H and O–H groups in total. The SMILES string of the molecule is CCCOc1cccc(C2/C(=C(\O)c3ccc(OC)cc3)C(=O)C(=O)N2Cc2ccccc2)c1. The van der Waals surface area contributed by atoms with Crippen LogP contribution in [-0.4, -0.2) is 35.4 Å². The molecule has 1 saturated heterocycles. The van der Waals surface area contributed by atoms with Gasteiger partial charge in [-0.15, -0.1) is 0 Å². The van der Waals surface area contributed by atoms with Gasteiger partial charge in [-0.1, -0.05) is 49.4 Å². The Morgan fingerprint density at radius 3 is 2.35 bits per heavy atom. The molecule has 0 saturated carbocycles. The number of aliphatic hydroxyl groups is 1. The average molecular weight is 458 g/mol. The Balaban J connectivity index is 1.83. The fourth-order valence-corrected chi connectivity index (χ4v) is 4.07. The van der Waals surface area contributed by atoms with E-state index in [1.165, 1.54) is 4.90 Å². The smallest absolute Gasteiger partial charge is 0.295 e. The van der Waals surface area contributed by atoms with Crippen LogP contribution in [0.25, 0.3) is 5.76 Å². The number of benzene rings is 3. The Morgan fingerprint density at radius 1 is 0.941 bits per heavy atom. The number of methoxy groups -OCH3 is 1. The van der Waals surface area contributed by atoms with Crippen molar-refractivity contribution in [2.45, 2.75) is 25.9 Å². The van der Waals surface area contributed by atoms with Gasteiger partial charge in [0.2, 0.25) is 0 Å². The van der Waals surface area contributed by atoms with Crippen LogP contribution < -0.4 is 9.47 Å². The summed E-state index contributed by atoms with van der Waals surface area (Å²) >= 11 is 0. The molecule has 6 nitrogen and oxygen atoms in total. The van der Waals surface area contributed by atoms with E-state index in [-0.39, 0.29) is 17.9 Å². The van der Waals surface area contributed by atoms with Crippen molar-refractivity contribution in [3.63, 3.8) is 0 Å². The zero-order chi connectivity index (χ0) is 24.1. The van der Waals surface area contributed by atoms with Gasteiger partial charge in [0.1, 0.15) is 17.3 Å². The molecular formula is C28H27NO5. The first kappa shape index (κ1) is 23.1. The third kappa shape index (κ3) is 4.66. The first-order chi connectivity index (χ1) is 16.5. The summed E-state index contributed by atoms with van der Waals surface area (Å²) in [7, 11) is 1.55. The molecule has 174 valence electrons. The first-order valence-corrected chi connectivity index (χ1v) is 11.2. The second-order valence-electron chi connectivity index (χ2n) is 8.06. The third-order valence-corrected chi connectivity index (χ3v) is 5.75. The molecule has 0 radical (unpaired) electrons. The third-order valence-electron chi connectivity index (χ3n) is 5.75. The molecule has 1 heterocycles. The van der Waals surface area contributed by atoms with Gasteiger partial charge in [-0.3, -0.25) is 9.59 Å². The van der Waals surface area contributed by atoms with Crippen molar-refractivity contribution < 1.29 is 24.2 Å². The number of Topliss-reactive ketones (excluding diaryl/α,β-unsaturated/α-hetero) is 1. The molecular weight excluding hydrogens is 430 g/mol. The predicted octanol–water partition coefficient (Wildman–Crippen LogP) is 5.11. The van der Waals surface area contributed by atoms with Crippen LogP contribution in [0.2, 0.25) is 0 Å². The maximum absolute atomic E-state index is 13.2. The number of hydrogen-bond donors (Lipinski definition) is 1. The number of aliphatic hydroxyl groups excluding tert-OH is 1. The van der Waals surface area contributed by atoms with Crippen LogP contribution in [0.3, 0.4) is 0 Å². The van der Waals surface area contributed by atoms with Gasteiger partial charge in [-0.2, -0.15) is 0 Å². The van der Waals surface area contributed by atoms with E-state index < -0.39 is 17.7 Å². The van der Waals surface area contributed by atoms with Gasteiger partial charge in [0.25, 0.3) is 11.7 Å². The summed E-state index contributed by atoms with van der Waals surface area (Å²) < 4.78 is 11.0. The maximum atomic E-state index is 13.2. The highest BCUT2D eigenvalue weighted by Crippen LogP contribution is 2.41. The summed E-state index contributed by atoms with van der Waals surface area (Å²) in [5.74, 6) is -0.313. The molecule has 6 heteroatoms. The van der Waals surface area contributed by atoms with Gasteiger partial charge in [0.05, 0.1) is 25.3 Å². The highest BCUT2D eigenvalue weighted by Gasteiger charge is 2.46. The molecule has 1 atom stereocenters. The number of ether oxygens (including phenoxy) is 2. The van der Waals surface area contributed by atoms with Crippen molar-refractivity contribution in [1.82, 2.24) is 4.90 Å². The minimum atomic E-state index is -0.757. The monoisotopic (exact) mass is 457 g/mol. The highest BCUT2D eigenvalue weighted by atomic mass is 16.5.